The predicted molar refractivity (Wildman–Crippen MR) is 75.1 cm³/mol. The van der Waals surface area contributed by atoms with Gasteiger partial charge in [0.1, 0.15) is 11.6 Å². The van der Waals surface area contributed by atoms with E-state index < -0.39 is 11.6 Å². The Bertz CT molecular complexity index is 527. The lowest BCUT2D eigenvalue weighted by atomic mass is 9.99. The summed E-state index contributed by atoms with van der Waals surface area (Å²) in [6, 6.07) is 2.18. The van der Waals surface area contributed by atoms with E-state index in [0.29, 0.717) is 19.0 Å². The molecular weight excluding hydrogens is 260 g/mol. The molecule has 1 amide bonds. The summed E-state index contributed by atoms with van der Waals surface area (Å²) < 4.78 is 27.5. The Hall–Kier alpha value is -1.71. The third-order valence-electron chi connectivity index (χ3n) is 3.74. The molecule has 1 aromatic carbocycles. The first-order valence-electron chi connectivity index (χ1n) is 6.89. The van der Waals surface area contributed by atoms with E-state index >= 15 is 0 Å². The molecule has 1 atom stereocenters. The molecular formula is C16H19F2NO. The highest BCUT2D eigenvalue weighted by molar-refractivity contribution is 5.79. The fourth-order valence-electron chi connectivity index (χ4n) is 2.59. The van der Waals surface area contributed by atoms with E-state index in [1.807, 2.05) is 0 Å². The van der Waals surface area contributed by atoms with Crippen LogP contribution in [0.4, 0.5) is 8.78 Å². The zero-order valence-corrected chi connectivity index (χ0v) is 11.7. The van der Waals surface area contributed by atoms with E-state index in [0.717, 1.165) is 25.0 Å². The van der Waals surface area contributed by atoms with E-state index in [4.69, 9.17) is 0 Å². The molecule has 1 aliphatic rings. The molecule has 20 heavy (non-hydrogen) atoms. The van der Waals surface area contributed by atoms with Gasteiger partial charge in [0, 0.05) is 24.2 Å². The average molecular weight is 279 g/mol. The summed E-state index contributed by atoms with van der Waals surface area (Å²) >= 11 is 0. The number of carbonyl (C=O) groups excluding carboxylic acids is 1. The van der Waals surface area contributed by atoms with Gasteiger partial charge in [-0.05, 0) is 30.9 Å². The lowest BCUT2D eigenvalue weighted by Crippen LogP contribution is -2.40. The lowest BCUT2D eigenvalue weighted by molar-refractivity contribution is -0.132. The van der Waals surface area contributed by atoms with Crippen molar-refractivity contribution in [2.45, 2.75) is 26.2 Å². The number of carbonyl (C=O) groups is 1. The predicted octanol–water partition coefficient (Wildman–Crippen LogP) is 3.41. The Labute approximate surface area is 118 Å². The second-order valence-electron chi connectivity index (χ2n) is 5.43. The summed E-state index contributed by atoms with van der Waals surface area (Å²) in [5.74, 6) is -0.769. The van der Waals surface area contributed by atoms with Crippen LogP contribution in [0.2, 0.25) is 0 Å². The maximum absolute atomic E-state index is 13.8. The van der Waals surface area contributed by atoms with Crippen LogP contribution >= 0.6 is 0 Å². The summed E-state index contributed by atoms with van der Waals surface area (Å²) in [6.07, 6.45) is 3.25. The molecule has 0 N–H and O–H groups in total. The highest BCUT2D eigenvalue weighted by Gasteiger charge is 2.22. The normalized spacial score (nSPS) is 18.9. The molecule has 0 radical (unpaired) electrons. The highest BCUT2D eigenvalue weighted by atomic mass is 19.1. The van der Waals surface area contributed by atoms with Crippen molar-refractivity contribution in [2.24, 2.45) is 5.92 Å². The maximum Gasteiger partial charge on any atom is 0.227 e. The summed E-state index contributed by atoms with van der Waals surface area (Å²) in [7, 11) is 0. The van der Waals surface area contributed by atoms with Crippen LogP contribution in [0.1, 0.15) is 30.9 Å². The number of nitrogens with zero attached hydrogens (tertiary/aromatic N) is 1. The number of benzene rings is 1. The molecule has 0 spiro atoms. The first-order valence-corrected chi connectivity index (χ1v) is 6.89. The number of rotatable bonds is 3. The number of likely N-dealkylation sites (tertiary alicyclic amines) is 1. The van der Waals surface area contributed by atoms with Crippen molar-refractivity contribution in [1.82, 2.24) is 4.90 Å². The molecule has 1 fully saturated rings. The van der Waals surface area contributed by atoms with Crippen LogP contribution in [0.5, 0.6) is 0 Å². The highest BCUT2D eigenvalue weighted by Crippen LogP contribution is 2.20. The van der Waals surface area contributed by atoms with Crippen LogP contribution in [0, 0.1) is 17.6 Å². The smallest absolute Gasteiger partial charge is 0.227 e. The molecule has 108 valence electrons. The van der Waals surface area contributed by atoms with Crippen molar-refractivity contribution in [3.63, 3.8) is 0 Å². The molecule has 0 aliphatic carbocycles. The van der Waals surface area contributed by atoms with Crippen molar-refractivity contribution in [1.29, 1.82) is 0 Å². The molecule has 1 aromatic rings. The second-order valence-corrected chi connectivity index (χ2v) is 5.43. The summed E-state index contributed by atoms with van der Waals surface area (Å²) in [5.41, 5.74) is 0.224. The minimum absolute atomic E-state index is 0.0904. The van der Waals surface area contributed by atoms with Gasteiger partial charge < -0.3 is 4.90 Å². The first-order chi connectivity index (χ1) is 9.51. The van der Waals surface area contributed by atoms with Gasteiger partial charge in [-0.1, -0.05) is 19.6 Å². The minimum atomic E-state index is -0.556. The Kier molecular flexibility index (Phi) is 4.53. The topological polar surface area (TPSA) is 20.3 Å². The zero-order valence-electron chi connectivity index (χ0n) is 11.7. The average Bonchev–Trinajstić information content (AvgIpc) is 2.42. The van der Waals surface area contributed by atoms with Crippen LogP contribution in [-0.4, -0.2) is 23.9 Å². The monoisotopic (exact) mass is 279 g/mol. The minimum Gasteiger partial charge on any atom is -0.342 e. The molecule has 0 saturated carbocycles. The maximum atomic E-state index is 13.8. The lowest BCUT2D eigenvalue weighted by Gasteiger charge is -2.31. The standard InChI is InChI=1S/C16H19F2NO/c1-3-12-7-15(18)13(8-14(12)17)9-16(20)19-6-4-5-11(2)10-19/h3,7-8,11H,1,4-6,9-10H2,2H3. The molecule has 2 nitrogen and oxygen atoms in total. The fraction of sp³-hybridized carbons (Fsp3) is 0.438. The Morgan fingerprint density at radius 3 is 2.85 bits per heavy atom. The largest absolute Gasteiger partial charge is 0.342 e. The number of amides is 1. The molecule has 1 heterocycles. The SMILES string of the molecule is C=Cc1cc(F)c(CC(=O)N2CCCC(C)C2)cc1F. The Morgan fingerprint density at radius 1 is 1.45 bits per heavy atom. The molecule has 0 bridgehead atoms. The van der Waals surface area contributed by atoms with Gasteiger partial charge in [-0.3, -0.25) is 4.79 Å². The van der Waals surface area contributed by atoms with Crippen LogP contribution in [0.25, 0.3) is 6.08 Å². The molecule has 1 saturated heterocycles. The summed E-state index contributed by atoms with van der Waals surface area (Å²) in [6.45, 7) is 6.93. The van der Waals surface area contributed by atoms with Gasteiger partial charge in [0.2, 0.25) is 5.91 Å². The molecule has 1 aliphatic heterocycles. The van der Waals surface area contributed by atoms with Gasteiger partial charge in [-0.15, -0.1) is 0 Å². The van der Waals surface area contributed by atoms with Crippen molar-refractivity contribution < 1.29 is 13.6 Å². The van der Waals surface area contributed by atoms with Crippen molar-refractivity contribution in [3.05, 3.63) is 41.5 Å². The Morgan fingerprint density at radius 2 is 2.20 bits per heavy atom. The van der Waals surface area contributed by atoms with Crippen LogP contribution in [0.3, 0.4) is 0 Å². The quantitative estimate of drug-likeness (QED) is 0.830. The number of piperidine rings is 1. The van der Waals surface area contributed by atoms with E-state index in [9.17, 15) is 13.6 Å². The number of hydrogen-bond acceptors (Lipinski definition) is 1. The fourth-order valence-corrected chi connectivity index (χ4v) is 2.59. The second kappa shape index (κ2) is 6.16. The molecule has 0 aromatic heterocycles. The van der Waals surface area contributed by atoms with Gasteiger partial charge in [0.15, 0.2) is 0 Å². The first kappa shape index (κ1) is 14.7. The molecule has 4 heteroatoms. The van der Waals surface area contributed by atoms with Crippen LogP contribution < -0.4 is 0 Å². The van der Waals surface area contributed by atoms with Crippen molar-refractivity contribution in [2.75, 3.05) is 13.1 Å². The van der Waals surface area contributed by atoms with Crippen LogP contribution in [0.15, 0.2) is 18.7 Å². The molecule has 2 rings (SSSR count). The van der Waals surface area contributed by atoms with E-state index in [2.05, 4.69) is 13.5 Å². The van der Waals surface area contributed by atoms with Gasteiger partial charge in [0.25, 0.3) is 0 Å². The van der Waals surface area contributed by atoms with E-state index in [1.54, 1.807) is 4.90 Å². The van der Waals surface area contributed by atoms with Gasteiger partial charge in [-0.2, -0.15) is 0 Å². The zero-order chi connectivity index (χ0) is 14.7. The van der Waals surface area contributed by atoms with E-state index in [1.165, 1.54) is 6.08 Å². The van der Waals surface area contributed by atoms with Gasteiger partial charge >= 0.3 is 0 Å². The molecule has 1 unspecified atom stereocenters. The third kappa shape index (κ3) is 3.24. The third-order valence-corrected chi connectivity index (χ3v) is 3.74. The summed E-state index contributed by atoms with van der Waals surface area (Å²) in [5, 5.41) is 0. The number of hydrogen-bond donors (Lipinski definition) is 0. The van der Waals surface area contributed by atoms with Gasteiger partial charge in [-0.25, -0.2) is 8.78 Å². The van der Waals surface area contributed by atoms with Crippen molar-refractivity contribution in [3.8, 4) is 0 Å². The van der Waals surface area contributed by atoms with Crippen molar-refractivity contribution >= 4 is 12.0 Å². The van der Waals surface area contributed by atoms with Gasteiger partial charge in [0.05, 0.1) is 6.42 Å². The Balaban J connectivity index is 2.11. The van der Waals surface area contributed by atoms with E-state index in [-0.39, 0.29) is 23.5 Å². The number of halogens is 2. The van der Waals surface area contributed by atoms with Crippen LogP contribution in [-0.2, 0) is 11.2 Å². The summed E-state index contributed by atoms with van der Waals surface area (Å²) in [4.78, 5) is 13.9.